The highest BCUT2D eigenvalue weighted by molar-refractivity contribution is 6.46. The van der Waals surface area contributed by atoms with E-state index in [4.69, 9.17) is 9.47 Å². The first-order valence-electron chi connectivity index (χ1n) is 11.4. The average molecular weight is 451 g/mol. The molecule has 2 aromatic rings. The highest BCUT2D eigenvalue weighted by Gasteiger charge is 2.46. The highest BCUT2D eigenvalue weighted by Crippen LogP contribution is 2.40. The summed E-state index contributed by atoms with van der Waals surface area (Å²) in [5.41, 5.74) is 1.33. The van der Waals surface area contributed by atoms with Crippen LogP contribution < -0.4 is 9.47 Å². The summed E-state index contributed by atoms with van der Waals surface area (Å²) >= 11 is 0. The molecule has 4 rings (SSSR count). The molecule has 1 amide bonds. The predicted octanol–water partition coefficient (Wildman–Crippen LogP) is 3.61. The van der Waals surface area contributed by atoms with E-state index in [-0.39, 0.29) is 11.3 Å². The van der Waals surface area contributed by atoms with Crippen molar-refractivity contribution in [3.63, 3.8) is 0 Å². The SMILES string of the molecule is CCOc1ccc(C2/C(=C(\O)c3ccc(OC)cc3)C(=O)C(=O)N2CCN2CCCC2)cc1. The van der Waals surface area contributed by atoms with Gasteiger partial charge in [0.15, 0.2) is 0 Å². The molecule has 2 aromatic carbocycles. The zero-order valence-corrected chi connectivity index (χ0v) is 19.1. The Labute approximate surface area is 194 Å². The van der Waals surface area contributed by atoms with Gasteiger partial charge in [-0.25, -0.2) is 0 Å². The second-order valence-electron chi connectivity index (χ2n) is 8.27. The van der Waals surface area contributed by atoms with E-state index in [1.54, 1.807) is 36.3 Å². The van der Waals surface area contributed by atoms with Crippen LogP contribution in [0.15, 0.2) is 54.1 Å². The fourth-order valence-corrected chi connectivity index (χ4v) is 4.53. The maximum Gasteiger partial charge on any atom is 0.295 e. The Morgan fingerprint density at radius 3 is 2.21 bits per heavy atom. The molecule has 1 N–H and O–H groups in total. The van der Waals surface area contributed by atoms with Gasteiger partial charge in [0.1, 0.15) is 17.3 Å². The van der Waals surface area contributed by atoms with Crippen LogP contribution in [-0.2, 0) is 9.59 Å². The number of carbonyl (C=O) groups is 2. The molecule has 33 heavy (non-hydrogen) atoms. The van der Waals surface area contributed by atoms with Crippen molar-refractivity contribution in [2.24, 2.45) is 0 Å². The number of Topliss-reactive ketones (excluding diaryl/α,β-unsaturated/α-hetero) is 1. The Balaban J connectivity index is 1.73. The number of hydrogen-bond acceptors (Lipinski definition) is 6. The van der Waals surface area contributed by atoms with Crippen LogP contribution in [0.1, 0.15) is 36.9 Å². The fraction of sp³-hybridized carbons (Fsp3) is 0.385. The largest absolute Gasteiger partial charge is 0.507 e. The van der Waals surface area contributed by atoms with Gasteiger partial charge in [-0.1, -0.05) is 12.1 Å². The van der Waals surface area contributed by atoms with Gasteiger partial charge in [0.25, 0.3) is 11.7 Å². The Kier molecular flexibility index (Phi) is 6.99. The van der Waals surface area contributed by atoms with Crippen LogP contribution in [0.5, 0.6) is 11.5 Å². The zero-order valence-electron chi connectivity index (χ0n) is 19.1. The quantitative estimate of drug-likeness (QED) is 0.376. The van der Waals surface area contributed by atoms with Crippen molar-refractivity contribution < 1.29 is 24.2 Å². The molecule has 7 nitrogen and oxygen atoms in total. The maximum atomic E-state index is 13.1. The Hall–Kier alpha value is -3.32. The third-order valence-corrected chi connectivity index (χ3v) is 6.27. The molecule has 2 aliphatic heterocycles. The summed E-state index contributed by atoms with van der Waals surface area (Å²) < 4.78 is 10.7. The normalized spacial score (nSPS) is 20.4. The van der Waals surface area contributed by atoms with Gasteiger partial charge in [-0.2, -0.15) is 0 Å². The molecule has 2 heterocycles. The minimum Gasteiger partial charge on any atom is -0.507 e. The number of likely N-dealkylation sites (tertiary alicyclic amines) is 2. The molecule has 1 unspecified atom stereocenters. The van der Waals surface area contributed by atoms with E-state index in [0.29, 0.717) is 36.8 Å². The topological polar surface area (TPSA) is 79.3 Å². The lowest BCUT2D eigenvalue weighted by molar-refractivity contribution is -0.140. The summed E-state index contributed by atoms with van der Waals surface area (Å²) in [4.78, 5) is 30.1. The molecule has 0 bridgehead atoms. The van der Waals surface area contributed by atoms with Crippen LogP contribution in [-0.4, -0.2) is 66.5 Å². The highest BCUT2D eigenvalue weighted by atomic mass is 16.5. The number of aliphatic hydroxyl groups is 1. The molecule has 0 spiro atoms. The van der Waals surface area contributed by atoms with E-state index >= 15 is 0 Å². The molecule has 2 saturated heterocycles. The zero-order chi connectivity index (χ0) is 23.4. The van der Waals surface area contributed by atoms with Crippen LogP contribution in [0, 0.1) is 0 Å². The second-order valence-corrected chi connectivity index (χ2v) is 8.27. The first kappa shape index (κ1) is 22.9. The number of rotatable bonds is 8. The average Bonchev–Trinajstić information content (AvgIpc) is 3.45. The Morgan fingerprint density at radius 1 is 0.970 bits per heavy atom. The van der Waals surface area contributed by atoms with Crippen LogP contribution in [0.4, 0.5) is 0 Å². The summed E-state index contributed by atoms with van der Waals surface area (Å²) in [6.07, 6.45) is 2.30. The summed E-state index contributed by atoms with van der Waals surface area (Å²) in [7, 11) is 1.56. The third-order valence-electron chi connectivity index (χ3n) is 6.27. The van der Waals surface area contributed by atoms with Crippen molar-refractivity contribution in [1.82, 2.24) is 9.80 Å². The summed E-state index contributed by atoms with van der Waals surface area (Å²) in [5, 5.41) is 11.1. The monoisotopic (exact) mass is 450 g/mol. The number of amides is 1. The minimum absolute atomic E-state index is 0.107. The Bertz CT molecular complexity index is 1020. The molecule has 0 saturated carbocycles. The van der Waals surface area contributed by atoms with Crippen LogP contribution in [0.2, 0.25) is 0 Å². The first-order chi connectivity index (χ1) is 16.0. The van der Waals surface area contributed by atoms with Gasteiger partial charge >= 0.3 is 0 Å². The fourth-order valence-electron chi connectivity index (χ4n) is 4.53. The number of benzene rings is 2. The van der Waals surface area contributed by atoms with Crippen molar-refractivity contribution in [2.45, 2.75) is 25.8 Å². The van der Waals surface area contributed by atoms with Gasteiger partial charge in [-0.3, -0.25) is 9.59 Å². The number of ether oxygens (including phenoxy) is 2. The summed E-state index contributed by atoms with van der Waals surface area (Å²) in [6, 6.07) is 13.5. The van der Waals surface area contributed by atoms with E-state index in [2.05, 4.69) is 4.90 Å². The van der Waals surface area contributed by atoms with Crippen LogP contribution in [0.3, 0.4) is 0 Å². The first-order valence-corrected chi connectivity index (χ1v) is 11.4. The van der Waals surface area contributed by atoms with E-state index < -0.39 is 17.7 Å². The minimum atomic E-state index is -0.663. The molecular formula is C26H30N2O5. The van der Waals surface area contributed by atoms with Gasteiger partial charge in [-0.05, 0) is 74.8 Å². The van der Waals surface area contributed by atoms with E-state index in [0.717, 1.165) is 31.5 Å². The molecule has 2 aliphatic rings. The molecule has 0 aliphatic carbocycles. The summed E-state index contributed by atoms with van der Waals surface area (Å²) in [5.74, 6) is -0.0728. The number of ketones is 1. The van der Waals surface area contributed by atoms with E-state index in [9.17, 15) is 14.7 Å². The van der Waals surface area contributed by atoms with Crippen molar-refractivity contribution >= 4 is 17.4 Å². The van der Waals surface area contributed by atoms with Crippen molar-refractivity contribution in [3.8, 4) is 11.5 Å². The predicted molar refractivity (Wildman–Crippen MR) is 125 cm³/mol. The molecule has 1 atom stereocenters. The van der Waals surface area contributed by atoms with Gasteiger partial charge in [0, 0.05) is 18.7 Å². The van der Waals surface area contributed by atoms with Crippen molar-refractivity contribution in [3.05, 3.63) is 65.2 Å². The molecule has 2 fully saturated rings. The molecule has 0 radical (unpaired) electrons. The number of hydrogen-bond donors (Lipinski definition) is 1. The number of methoxy groups -OCH3 is 1. The molecule has 174 valence electrons. The number of carbonyl (C=O) groups excluding carboxylic acids is 2. The smallest absolute Gasteiger partial charge is 0.295 e. The molecule has 7 heteroatoms. The van der Waals surface area contributed by atoms with E-state index in [1.807, 2.05) is 31.2 Å². The van der Waals surface area contributed by atoms with Crippen LogP contribution >= 0.6 is 0 Å². The summed E-state index contributed by atoms with van der Waals surface area (Å²) in [6.45, 7) is 5.58. The van der Waals surface area contributed by atoms with Crippen LogP contribution in [0.25, 0.3) is 5.76 Å². The standard InChI is InChI=1S/C26H30N2O5/c1-3-33-21-12-6-18(7-13-21)23-22(24(29)19-8-10-20(32-2)11-9-19)25(30)26(31)28(23)17-16-27-14-4-5-15-27/h6-13,23,29H,3-5,14-17H2,1-2H3/b24-22+. The van der Waals surface area contributed by atoms with Crippen molar-refractivity contribution in [1.29, 1.82) is 0 Å². The third kappa shape index (κ3) is 4.73. The molecule has 0 aromatic heterocycles. The lowest BCUT2D eigenvalue weighted by Crippen LogP contribution is -2.37. The van der Waals surface area contributed by atoms with Gasteiger partial charge in [0.05, 0.1) is 25.3 Å². The lowest BCUT2D eigenvalue weighted by Gasteiger charge is -2.27. The number of nitrogens with zero attached hydrogens (tertiary/aromatic N) is 2. The molecular weight excluding hydrogens is 420 g/mol. The number of aliphatic hydroxyl groups excluding tert-OH is 1. The van der Waals surface area contributed by atoms with Gasteiger partial charge in [0.2, 0.25) is 0 Å². The van der Waals surface area contributed by atoms with E-state index in [1.165, 1.54) is 0 Å². The van der Waals surface area contributed by atoms with Crippen molar-refractivity contribution in [2.75, 3.05) is 39.9 Å². The Morgan fingerprint density at radius 2 is 1.61 bits per heavy atom. The second kappa shape index (κ2) is 10.1. The lowest BCUT2D eigenvalue weighted by atomic mass is 9.95. The maximum absolute atomic E-state index is 13.1. The van der Waals surface area contributed by atoms with Gasteiger partial charge in [-0.15, -0.1) is 0 Å². The van der Waals surface area contributed by atoms with Gasteiger partial charge < -0.3 is 24.4 Å².